The van der Waals surface area contributed by atoms with Gasteiger partial charge in [-0.05, 0) is 6.92 Å². The van der Waals surface area contributed by atoms with Crippen molar-refractivity contribution in [3.05, 3.63) is 0 Å². The molecule has 0 radical (unpaired) electrons. The maximum atomic E-state index is 13.0. The third-order valence-corrected chi connectivity index (χ3v) is 3.36. The lowest BCUT2D eigenvalue weighted by Crippen LogP contribution is -2.71. The first-order valence-electron chi connectivity index (χ1n) is 5.20. The van der Waals surface area contributed by atoms with Crippen molar-refractivity contribution in [2.45, 2.75) is 31.3 Å². The van der Waals surface area contributed by atoms with Crippen LogP contribution in [0, 0.1) is 5.41 Å². The van der Waals surface area contributed by atoms with Crippen molar-refractivity contribution >= 4 is 5.97 Å². The molecular formula is C10H14F2O4. The van der Waals surface area contributed by atoms with Crippen molar-refractivity contribution in [2.24, 2.45) is 5.41 Å². The molecule has 2 fully saturated rings. The molecule has 0 amide bonds. The predicted octanol–water partition coefficient (Wildman–Crippen LogP) is 0.726. The van der Waals surface area contributed by atoms with Crippen molar-refractivity contribution in [3.8, 4) is 0 Å². The Morgan fingerprint density at radius 2 is 2.00 bits per heavy atom. The van der Waals surface area contributed by atoms with Gasteiger partial charge in [-0.1, -0.05) is 0 Å². The van der Waals surface area contributed by atoms with Crippen LogP contribution in [0.5, 0.6) is 0 Å². The lowest BCUT2D eigenvalue weighted by Gasteiger charge is -2.56. The van der Waals surface area contributed by atoms with E-state index in [2.05, 4.69) is 0 Å². The summed E-state index contributed by atoms with van der Waals surface area (Å²) >= 11 is 0. The van der Waals surface area contributed by atoms with Gasteiger partial charge < -0.3 is 14.6 Å². The summed E-state index contributed by atoms with van der Waals surface area (Å²) in [6.07, 6.45) is -1.31. The Hall–Kier alpha value is -0.750. The minimum absolute atomic E-state index is 0.0815. The first kappa shape index (κ1) is 11.7. The number of halogens is 2. The monoisotopic (exact) mass is 236 g/mol. The predicted molar refractivity (Wildman–Crippen MR) is 49.0 cm³/mol. The second kappa shape index (κ2) is 3.37. The molecule has 1 aliphatic heterocycles. The highest BCUT2D eigenvalue weighted by Crippen LogP contribution is 2.59. The molecule has 0 aromatic carbocycles. The number of carbonyl (C=O) groups is 1. The molecule has 4 nitrogen and oxygen atoms in total. The molecule has 0 bridgehead atoms. The summed E-state index contributed by atoms with van der Waals surface area (Å²) in [6, 6.07) is 0. The summed E-state index contributed by atoms with van der Waals surface area (Å²) in [7, 11) is 0. The molecule has 6 heteroatoms. The van der Waals surface area contributed by atoms with E-state index in [-0.39, 0.29) is 19.8 Å². The second-order valence-corrected chi connectivity index (χ2v) is 4.54. The Kier molecular flexibility index (Phi) is 2.47. The Labute approximate surface area is 91.5 Å². The number of rotatable bonds is 3. The SMILES string of the molecule is CCOC(=O)C1(C2(O)COC2)CC(F)(F)C1. The van der Waals surface area contributed by atoms with Crippen LogP contribution in [0.2, 0.25) is 0 Å². The molecule has 1 saturated heterocycles. The number of esters is 1. The first-order chi connectivity index (χ1) is 7.35. The van der Waals surface area contributed by atoms with Gasteiger partial charge in [-0.2, -0.15) is 0 Å². The zero-order chi connectivity index (χ0) is 12.0. The van der Waals surface area contributed by atoms with E-state index in [1.807, 2.05) is 0 Å². The Balaban J connectivity index is 2.19. The molecule has 0 atom stereocenters. The summed E-state index contributed by atoms with van der Waals surface area (Å²) in [4.78, 5) is 11.7. The van der Waals surface area contributed by atoms with Crippen molar-refractivity contribution in [1.29, 1.82) is 0 Å². The van der Waals surface area contributed by atoms with Gasteiger partial charge >= 0.3 is 5.97 Å². The van der Waals surface area contributed by atoms with Gasteiger partial charge in [0, 0.05) is 12.8 Å². The van der Waals surface area contributed by atoms with Crippen LogP contribution in [0.25, 0.3) is 0 Å². The second-order valence-electron chi connectivity index (χ2n) is 4.54. The summed E-state index contributed by atoms with van der Waals surface area (Å²) < 4.78 is 35.5. The molecular weight excluding hydrogens is 222 g/mol. The Morgan fingerprint density at radius 3 is 2.31 bits per heavy atom. The van der Waals surface area contributed by atoms with E-state index in [1.165, 1.54) is 0 Å². The van der Waals surface area contributed by atoms with E-state index in [0.717, 1.165) is 0 Å². The van der Waals surface area contributed by atoms with Crippen molar-refractivity contribution in [2.75, 3.05) is 19.8 Å². The van der Waals surface area contributed by atoms with Gasteiger partial charge in [0.15, 0.2) is 0 Å². The van der Waals surface area contributed by atoms with Crippen LogP contribution >= 0.6 is 0 Å². The topological polar surface area (TPSA) is 55.8 Å². The van der Waals surface area contributed by atoms with Gasteiger partial charge in [-0.25, -0.2) is 8.78 Å². The number of carbonyl (C=O) groups excluding carboxylic acids is 1. The van der Waals surface area contributed by atoms with E-state index >= 15 is 0 Å². The Bertz CT molecular complexity index is 304. The standard InChI is InChI=1S/C10H14F2O4/c1-2-16-7(13)8(3-10(11,12)4-8)9(14)5-15-6-9/h14H,2-6H2,1H3. The summed E-state index contributed by atoms with van der Waals surface area (Å²) in [5, 5.41) is 10.1. The molecule has 92 valence electrons. The molecule has 0 aromatic heterocycles. The van der Waals surface area contributed by atoms with Crippen LogP contribution < -0.4 is 0 Å². The zero-order valence-corrected chi connectivity index (χ0v) is 8.96. The van der Waals surface area contributed by atoms with E-state index in [4.69, 9.17) is 9.47 Å². The van der Waals surface area contributed by atoms with E-state index in [1.54, 1.807) is 6.92 Å². The highest BCUT2D eigenvalue weighted by molar-refractivity contribution is 5.80. The smallest absolute Gasteiger partial charge is 0.315 e. The van der Waals surface area contributed by atoms with Gasteiger partial charge in [0.2, 0.25) is 0 Å². The maximum absolute atomic E-state index is 13.0. The van der Waals surface area contributed by atoms with Crippen molar-refractivity contribution in [1.82, 2.24) is 0 Å². The number of hydrogen-bond donors (Lipinski definition) is 1. The fourth-order valence-electron chi connectivity index (χ4n) is 2.34. The van der Waals surface area contributed by atoms with Crippen LogP contribution in [0.3, 0.4) is 0 Å². The molecule has 0 aromatic rings. The lowest BCUT2D eigenvalue weighted by atomic mass is 9.55. The fourth-order valence-corrected chi connectivity index (χ4v) is 2.34. The van der Waals surface area contributed by atoms with Gasteiger partial charge in [0.25, 0.3) is 5.92 Å². The molecule has 2 rings (SSSR count). The molecule has 0 unspecified atom stereocenters. The largest absolute Gasteiger partial charge is 0.465 e. The third kappa shape index (κ3) is 1.43. The van der Waals surface area contributed by atoms with Gasteiger partial charge in [0.1, 0.15) is 11.0 Å². The fraction of sp³-hybridized carbons (Fsp3) is 0.900. The number of aliphatic hydroxyl groups is 1. The van der Waals surface area contributed by atoms with Gasteiger partial charge in [-0.3, -0.25) is 4.79 Å². The number of alkyl halides is 2. The highest BCUT2D eigenvalue weighted by Gasteiger charge is 2.72. The first-order valence-corrected chi connectivity index (χ1v) is 5.20. The van der Waals surface area contributed by atoms with Crippen LogP contribution in [-0.4, -0.2) is 42.4 Å². The van der Waals surface area contributed by atoms with Gasteiger partial charge in [-0.15, -0.1) is 0 Å². The van der Waals surface area contributed by atoms with Crippen LogP contribution in [0.1, 0.15) is 19.8 Å². The lowest BCUT2D eigenvalue weighted by molar-refractivity contribution is -0.303. The van der Waals surface area contributed by atoms with Crippen molar-refractivity contribution < 1.29 is 28.2 Å². The van der Waals surface area contributed by atoms with E-state index < -0.39 is 35.7 Å². The van der Waals surface area contributed by atoms with Crippen LogP contribution in [0.4, 0.5) is 8.78 Å². The highest BCUT2D eigenvalue weighted by atomic mass is 19.3. The maximum Gasteiger partial charge on any atom is 0.315 e. The van der Waals surface area contributed by atoms with Crippen LogP contribution in [0.15, 0.2) is 0 Å². The quantitative estimate of drug-likeness (QED) is 0.734. The number of ether oxygens (including phenoxy) is 2. The van der Waals surface area contributed by atoms with Crippen molar-refractivity contribution in [3.63, 3.8) is 0 Å². The average Bonchev–Trinajstić information content (AvgIpc) is 2.10. The minimum atomic E-state index is -2.89. The number of hydrogen-bond acceptors (Lipinski definition) is 4. The summed E-state index contributed by atoms with van der Waals surface area (Å²) in [5.41, 5.74) is -2.97. The zero-order valence-electron chi connectivity index (χ0n) is 8.96. The molecule has 2 aliphatic rings. The van der Waals surface area contributed by atoms with Gasteiger partial charge in [0.05, 0.1) is 19.8 Å². The third-order valence-electron chi connectivity index (χ3n) is 3.36. The Morgan fingerprint density at radius 1 is 1.44 bits per heavy atom. The molecule has 1 aliphatic carbocycles. The molecule has 1 saturated carbocycles. The normalized spacial score (nSPS) is 28.8. The minimum Gasteiger partial charge on any atom is -0.465 e. The summed E-state index contributed by atoms with van der Waals surface area (Å²) in [6.45, 7) is 1.55. The van der Waals surface area contributed by atoms with E-state index in [9.17, 15) is 18.7 Å². The molecule has 16 heavy (non-hydrogen) atoms. The molecule has 0 spiro atoms. The van der Waals surface area contributed by atoms with Crippen LogP contribution in [-0.2, 0) is 14.3 Å². The average molecular weight is 236 g/mol. The summed E-state index contributed by atoms with van der Waals surface area (Å²) in [5.74, 6) is -3.63. The molecule has 1 N–H and O–H groups in total. The van der Waals surface area contributed by atoms with E-state index in [0.29, 0.717) is 0 Å². The molecule has 1 heterocycles.